The minimum atomic E-state index is -0.589. The quantitative estimate of drug-likeness (QED) is 0.496. The van der Waals surface area contributed by atoms with Crippen LogP contribution < -0.4 is 0 Å². The van der Waals surface area contributed by atoms with Crippen molar-refractivity contribution in [2.24, 2.45) is 0 Å². The zero-order valence-electron chi connectivity index (χ0n) is 13.4. The van der Waals surface area contributed by atoms with E-state index in [1.807, 2.05) is 60.7 Å². The first kappa shape index (κ1) is 14.9. The van der Waals surface area contributed by atoms with Gasteiger partial charge in [0.1, 0.15) is 12.1 Å². The minimum Gasteiger partial charge on any atom is -0.306 e. The Kier molecular flexibility index (Phi) is 3.27. The molecule has 1 aromatic heterocycles. The lowest BCUT2D eigenvalue weighted by Gasteiger charge is -2.10. The molecule has 0 saturated carbocycles. The van der Waals surface area contributed by atoms with Crippen LogP contribution in [0.1, 0.15) is 16.7 Å². The highest BCUT2D eigenvalue weighted by molar-refractivity contribution is 6.12. The molecule has 0 unspecified atom stereocenters. The number of halogens is 1. The highest BCUT2D eigenvalue weighted by Crippen LogP contribution is 2.38. The van der Waals surface area contributed by atoms with Gasteiger partial charge in [-0.1, -0.05) is 36.4 Å². The van der Waals surface area contributed by atoms with Gasteiger partial charge in [0.25, 0.3) is 0 Å². The minimum absolute atomic E-state index is 0.0796. The molecule has 3 aromatic carbocycles. The summed E-state index contributed by atoms with van der Waals surface area (Å²) < 4.78 is 17.1. The number of hydrogen-bond donors (Lipinski definition) is 0. The Bertz CT molecular complexity index is 1220. The van der Waals surface area contributed by atoms with Crippen molar-refractivity contribution in [1.29, 1.82) is 10.5 Å². The number of nitriles is 2. The predicted octanol–water partition coefficient (Wildman–Crippen LogP) is 4.97. The molecule has 0 aliphatic rings. The van der Waals surface area contributed by atoms with Crippen molar-refractivity contribution in [1.82, 2.24) is 4.57 Å². The van der Waals surface area contributed by atoms with Crippen LogP contribution in [-0.2, 0) is 0 Å². The molecular formula is C21H12FN3. The summed E-state index contributed by atoms with van der Waals surface area (Å²) in [5, 5.41) is 20.4. The number of rotatable bonds is 1. The van der Waals surface area contributed by atoms with Crippen molar-refractivity contribution in [3.63, 3.8) is 0 Å². The number of fused-ring (bicyclic) bond motifs is 3. The van der Waals surface area contributed by atoms with Crippen molar-refractivity contribution in [3.05, 3.63) is 77.1 Å². The third-order valence-corrected chi connectivity index (χ3v) is 4.54. The summed E-state index contributed by atoms with van der Waals surface area (Å²) in [6, 6.07) is 21.0. The van der Waals surface area contributed by atoms with E-state index in [0.29, 0.717) is 16.5 Å². The van der Waals surface area contributed by atoms with Crippen LogP contribution in [-0.4, -0.2) is 4.57 Å². The Morgan fingerprint density at radius 3 is 2.20 bits per heavy atom. The highest BCUT2D eigenvalue weighted by atomic mass is 19.1. The molecule has 0 atom stereocenters. The summed E-state index contributed by atoms with van der Waals surface area (Å²) in [4.78, 5) is 0. The maximum Gasteiger partial charge on any atom is 0.165 e. The topological polar surface area (TPSA) is 52.5 Å². The molecule has 0 radical (unpaired) electrons. The normalized spacial score (nSPS) is 10.7. The van der Waals surface area contributed by atoms with Crippen LogP contribution in [0.25, 0.3) is 27.5 Å². The summed E-state index contributed by atoms with van der Waals surface area (Å²) in [6.07, 6.45) is 0. The second-order valence-corrected chi connectivity index (χ2v) is 5.82. The Morgan fingerprint density at radius 2 is 1.52 bits per heavy atom. The molecule has 0 saturated heterocycles. The number of aromatic nitrogens is 1. The third-order valence-electron chi connectivity index (χ3n) is 4.54. The first-order valence-electron chi connectivity index (χ1n) is 7.80. The second-order valence-electron chi connectivity index (χ2n) is 5.82. The molecule has 4 rings (SSSR count). The molecule has 25 heavy (non-hydrogen) atoms. The number of benzene rings is 3. The molecular weight excluding hydrogens is 313 g/mol. The average molecular weight is 325 g/mol. The SMILES string of the molecule is Cc1c(C#N)c(F)c2c(c1C#N)c1ccccc1n2-c1ccccc1. The molecule has 0 bridgehead atoms. The van der Waals surface area contributed by atoms with Crippen LogP contribution >= 0.6 is 0 Å². The summed E-state index contributed by atoms with van der Waals surface area (Å²) in [5.74, 6) is -0.589. The molecule has 0 amide bonds. The molecule has 3 nitrogen and oxygen atoms in total. The van der Waals surface area contributed by atoms with Crippen molar-refractivity contribution in [3.8, 4) is 17.8 Å². The van der Waals surface area contributed by atoms with Gasteiger partial charge in [0.05, 0.1) is 22.2 Å². The number of nitrogens with zero attached hydrogens (tertiary/aromatic N) is 3. The lowest BCUT2D eigenvalue weighted by Crippen LogP contribution is -2.00. The zero-order chi connectivity index (χ0) is 17.6. The van der Waals surface area contributed by atoms with E-state index in [2.05, 4.69) is 6.07 Å². The smallest absolute Gasteiger partial charge is 0.165 e. The third kappa shape index (κ3) is 1.95. The van der Waals surface area contributed by atoms with E-state index in [4.69, 9.17) is 0 Å². The molecule has 4 aromatic rings. The largest absolute Gasteiger partial charge is 0.306 e. The Morgan fingerprint density at radius 1 is 0.880 bits per heavy atom. The fraction of sp³-hybridized carbons (Fsp3) is 0.0476. The molecule has 0 spiro atoms. The summed E-state index contributed by atoms with van der Waals surface area (Å²) >= 11 is 0. The molecule has 4 heteroatoms. The fourth-order valence-electron chi connectivity index (χ4n) is 3.41. The van der Waals surface area contributed by atoms with E-state index in [1.54, 1.807) is 11.5 Å². The Labute approximate surface area is 143 Å². The molecule has 0 fully saturated rings. The van der Waals surface area contributed by atoms with Gasteiger partial charge in [0, 0.05) is 16.5 Å². The predicted molar refractivity (Wildman–Crippen MR) is 94.9 cm³/mol. The van der Waals surface area contributed by atoms with E-state index in [1.165, 1.54) is 0 Å². The van der Waals surface area contributed by atoms with Crippen molar-refractivity contribution in [2.75, 3.05) is 0 Å². The second kappa shape index (κ2) is 5.47. The van der Waals surface area contributed by atoms with Crippen molar-refractivity contribution >= 4 is 21.8 Å². The monoisotopic (exact) mass is 325 g/mol. The van der Waals surface area contributed by atoms with Gasteiger partial charge in [-0.15, -0.1) is 0 Å². The average Bonchev–Trinajstić information content (AvgIpc) is 2.99. The van der Waals surface area contributed by atoms with Gasteiger partial charge in [0.2, 0.25) is 0 Å². The maximum atomic E-state index is 15.3. The molecule has 0 N–H and O–H groups in total. The first-order valence-corrected chi connectivity index (χ1v) is 7.80. The van der Waals surface area contributed by atoms with Gasteiger partial charge in [0.15, 0.2) is 5.82 Å². The van der Waals surface area contributed by atoms with Gasteiger partial charge < -0.3 is 4.57 Å². The lowest BCUT2D eigenvalue weighted by atomic mass is 9.97. The standard InChI is InChI=1S/C21H12FN3/c1-13-16(11-23)19-15-9-5-6-10-18(15)25(14-7-3-2-4-8-14)21(19)20(22)17(13)12-24/h2-10H,1H3. The van der Waals surface area contributed by atoms with Crippen LogP contribution in [0, 0.1) is 35.4 Å². The van der Waals surface area contributed by atoms with Crippen LogP contribution in [0.15, 0.2) is 54.6 Å². The molecule has 1 heterocycles. The highest BCUT2D eigenvalue weighted by Gasteiger charge is 2.24. The molecule has 118 valence electrons. The van der Waals surface area contributed by atoms with Gasteiger partial charge in [-0.05, 0) is 30.7 Å². The number of para-hydroxylation sites is 2. The summed E-state index contributed by atoms with van der Waals surface area (Å²) in [5.41, 5.74) is 2.50. The van der Waals surface area contributed by atoms with E-state index in [0.717, 1.165) is 16.6 Å². The van der Waals surface area contributed by atoms with E-state index in [-0.39, 0.29) is 11.1 Å². The Hall–Kier alpha value is -3.63. The van der Waals surface area contributed by atoms with Crippen molar-refractivity contribution in [2.45, 2.75) is 6.92 Å². The summed E-state index contributed by atoms with van der Waals surface area (Å²) in [7, 11) is 0. The molecule has 0 aliphatic carbocycles. The first-order chi connectivity index (χ1) is 12.2. The van der Waals surface area contributed by atoms with Crippen LogP contribution in [0.4, 0.5) is 4.39 Å². The van der Waals surface area contributed by atoms with Gasteiger partial charge >= 0.3 is 0 Å². The number of hydrogen-bond acceptors (Lipinski definition) is 2. The Balaban J connectivity index is 2.38. The van der Waals surface area contributed by atoms with Crippen LogP contribution in [0.3, 0.4) is 0 Å². The van der Waals surface area contributed by atoms with Gasteiger partial charge in [-0.25, -0.2) is 4.39 Å². The van der Waals surface area contributed by atoms with E-state index in [9.17, 15) is 10.5 Å². The van der Waals surface area contributed by atoms with Crippen LogP contribution in [0.5, 0.6) is 0 Å². The fourth-order valence-corrected chi connectivity index (χ4v) is 3.41. The van der Waals surface area contributed by atoms with E-state index >= 15 is 4.39 Å². The molecule has 0 aliphatic heterocycles. The van der Waals surface area contributed by atoms with E-state index < -0.39 is 5.82 Å². The van der Waals surface area contributed by atoms with Crippen LogP contribution in [0.2, 0.25) is 0 Å². The lowest BCUT2D eigenvalue weighted by molar-refractivity contribution is 0.630. The van der Waals surface area contributed by atoms with Gasteiger partial charge in [-0.3, -0.25) is 0 Å². The van der Waals surface area contributed by atoms with Gasteiger partial charge in [-0.2, -0.15) is 10.5 Å². The maximum absolute atomic E-state index is 15.3. The zero-order valence-corrected chi connectivity index (χ0v) is 13.4. The summed E-state index contributed by atoms with van der Waals surface area (Å²) in [6.45, 7) is 1.62. The van der Waals surface area contributed by atoms with Crippen molar-refractivity contribution < 1.29 is 4.39 Å².